The van der Waals surface area contributed by atoms with Crippen LogP contribution in [0.1, 0.15) is 16.7 Å². The number of halogens is 2. The molecule has 3 rings (SSSR count). The first-order valence-corrected chi connectivity index (χ1v) is 10.7. The number of nitrogens with one attached hydrogen (secondary N) is 1. The molecule has 0 radical (unpaired) electrons. The van der Waals surface area contributed by atoms with Gasteiger partial charge in [-0.2, -0.15) is 0 Å². The highest BCUT2D eigenvalue weighted by Crippen LogP contribution is 2.35. The average Bonchev–Trinajstić information content (AvgIpc) is 2.81. The van der Waals surface area contributed by atoms with Crippen molar-refractivity contribution >= 4 is 17.5 Å². The van der Waals surface area contributed by atoms with Crippen LogP contribution in [0, 0.1) is 5.82 Å². The lowest BCUT2D eigenvalue weighted by molar-refractivity contribution is -0.120. The number of primary amides is 1. The minimum atomic E-state index is -0.582. The molecular weight excluding hydrogens is 447 g/mol. The Morgan fingerprint density at radius 1 is 1.03 bits per heavy atom. The standard InChI is InChI=1S/C25H26ClFN2O4/c1-31-23-12-17(33-15-19-20(26)9-6-10-21(19)27)13-24(32-2)18(23)14-29-22(25(28)30)11-16-7-4-3-5-8-16/h3-10,12-13,22,29H,11,14-15H2,1-2H3,(H2,28,30)/t22-/m0/s1. The van der Waals surface area contributed by atoms with E-state index in [2.05, 4.69) is 5.32 Å². The number of carbonyl (C=O) groups excluding carboxylic acids is 1. The van der Waals surface area contributed by atoms with Crippen LogP contribution in [0.2, 0.25) is 5.02 Å². The molecule has 0 bridgehead atoms. The second-order valence-electron chi connectivity index (χ2n) is 7.32. The largest absolute Gasteiger partial charge is 0.496 e. The summed E-state index contributed by atoms with van der Waals surface area (Å²) in [6.07, 6.45) is 0.450. The monoisotopic (exact) mass is 472 g/mol. The molecule has 1 amide bonds. The van der Waals surface area contributed by atoms with Gasteiger partial charge in [0, 0.05) is 24.2 Å². The molecule has 3 aromatic carbocycles. The van der Waals surface area contributed by atoms with E-state index >= 15 is 0 Å². The smallest absolute Gasteiger partial charge is 0.234 e. The molecule has 0 fully saturated rings. The van der Waals surface area contributed by atoms with Crippen LogP contribution in [0.25, 0.3) is 0 Å². The van der Waals surface area contributed by atoms with Gasteiger partial charge in [0.25, 0.3) is 0 Å². The number of hydrogen-bond donors (Lipinski definition) is 2. The molecule has 1 atom stereocenters. The highest BCUT2D eigenvalue weighted by molar-refractivity contribution is 6.31. The molecule has 33 heavy (non-hydrogen) atoms. The van der Waals surface area contributed by atoms with Crippen molar-refractivity contribution in [1.82, 2.24) is 5.32 Å². The molecule has 0 saturated carbocycles. The molecule has 0 aliphatic rings. The molecule has 0 saturated heterocycles. The molecule has 0 heterocycles. The Balaban J connectivity index is 1.77. The molecule has 0 unspecified atom stereocenters. The Hall–Kier alpha value is -3.29. The fourth-order valence-electron chi connectivity index (χ4n) is 3.39. The summed E-state index contributed by atoms with van der Waals surface area (Å²) < 4.78 is 30.8. The van der Waals surface area contributed by atoms with Gasteiger partial charge in [-0.1, -0.05) is 48.0 Å². The third kappa shape index (κ3) is 6.37. The molecule has 6 nitrogen and oxygen atoms in total. The van der Waals surface area contributed by atoms with Crippen molar-refractivity contribution in [3.8, 4) is 17.2 Å². The summed E-state index contributed by atoms with van der Waals surface area (Å²) in [5.74, 6) is 0.484. The lowest BCUT2D eigenvalue weighted by Gasteiger charge is -2.20. The Bertz CT molecular complexity index is 1050. The van der Waals surface area contributed by atoms with Gasteiger partial charge >= 0.3 is 0 Å². The summed E-state index contributed by atoms with van der Waals surface area (Å²) >= 11 is 6.08. The molecule has 0 aliphatic carbocycles. The summed E-state index contributed by atoms with van der Waals surface area (Å²) in [6.45, 7) is 0.211. The Labute approximate surface area is 197 Å². The molecule has 3 N–H and O–H groups in total. The number of carbonyl (C=O) groups is 1. The van der Waals surface area contributed by atoms with Crippen molar-refractivity contribution in [2.75, 3.05) is 14.2 Å². The zero-order valence-corrected chi connectivity index (χ0v) is 19.2. The van der Waals surface area contributed by atoms with Crippen LogP contribution in [-0.2, 0) is 24.4 Å². The van der Waals surface area contributed by atoms with Gasteiger partial charge in [0.15, 0.2) is 0 Å². The fourth-order valence-corrected chi connectivity index (χ4v) is 3.61. The van der Waals surface area contributed by atoms with Crippen LogP contribution < -0.4 is 25.3 Å². The third-order valence-electron chi connectivity index (χ3n) is 5.18. The summed E-state index contributed by atoms with van der Waals surface area (Å²) in [4.78, 5) is 12.0. The van der Waals surface area contributed by atoms with E-state index in [9.17, 15) is 9.18 Å². The van der Waals surface area contributed by atoms with Crippen molar-refractivity contribution in [1.29, 1.82) is 0 Å². The number of ether oxygens (including phenoxy) is 3. The second kappa shape index (κ2) is 11.5. The van der Waals surface area contributed by atoms with E-state index < -0.39 is 17.8 Å². The predicted molar refractivity (Wildman–Crippen MR) is 125 cm³/mol. The topological polar surface area (TPSA) is 82.8 Å². The van der Waals surface area contributed by atoms with Crippen LogP contribution in [0.4, 0.5) is 4.39 Å². The van der Waals surface area contributed by atoms with Crippen molar-refractivity contribution in [3.63, 3.8) is 0 Å². The zero-order valence-electron chi connectivity index (χ0n) is 18.4. The van der Waals surface area contributed by atoms with Crippen molar-refractivity contribution in [2.24, 2.45) is 5.73 Å². The maximum Gasteiger partial charge on any atom is 0.234 e. The van der Waals surface area contributed by atoms with Crippen LogP contribution >= 0.6 is 11.6 Å². The van der Waals surface area contributed by atoms with Gasteiger partial charge in [-0.05, 0) is 24.1 Å². The predicted octanol–water partition coefficient (Wildman–Crippen LogP) is 4.26. The van der Waals surface area contributed by atoms with Gasteiger partial charge in [0.05, 0.1) is 30.8 Å². The first-order chi connectivity index (χ1) is 15.9. The molecule has 0 spiro atoms. The quantitative estimate of drug-likeness (QED) is 0.435. The number of rotatable bonds is 11. The normalized spacial score (nSPS) is 11.6. The van der Waals surface area contributed by atoms with Gasteiger partial charge in [-0.15, -0.1) is 0 Å². The summed E-state index contributed by atoms with van der Waals surface area (Å²) in [7, 11) is 3.04. The first-order valence-electron chi connectivity index (χ1n) is 10.3. The van der Waals surface area contributed by atoms with E-state index in [4.69, 9.17) is 31.5 Å². The van der Waals surface area contributed by atoms with Gasteiger partial charge < -0.3 is 25.3 Å². The maximum atomic E-state index is 14.0. The summed E-state index contributed by atoms with van der Waals surface area (Å²) in [5.41, 5.74) is 7.54. The van der Waals surface area contributed by atoms with E-state index in [1.54, 1.807) is 18.2 Å². The number of hydrogen-bond acceptors (Lipinski definition) is 5. The van der Waals surface area contributed by atoms with Crippen LogP contribution in [0.3, 0.4) is 0 Å². The average molecular weight is 473 g/mol. The van der Waals surface area contributed by atoms with E-state index in [-0.39, 0.29) is 23.7 Å². The number of amides is 1. The molecule has 0 aromatic heterocycles. The fraction of sp³-hybridized carbons (Fsp3) is 0.240. The van der Waals surface area contributed by atoms with E-state index in [1.807, 2.05) is 30.3 Å². The van der Waals surface area contributed by atoms with Crippen molar-refractivity contribution in [2.45, 2.75) is 25.6 Å². The van der Waals surface area contributed by atoms with E-state index in [1.165, 1.54) is 26.4 Å². The summed E-state index contributed by atoms with van der Waals surface area (Å²) in [5, 5.41) is 3.47. The molecule has 0 aliphatic heterocycles. The lowest BCUT2D eigenvalue weighted by atomic mass is 10.0. The van der Waals surface area contributed by atoms with Crippen LogP contribution in [0.5, 0.6) is 17.2 Å². The van der Waals surface area contributed by atoms with E-state index in [0.717, 1.165) is 5.56 Å². The van der Waals surface area contributed by atoms with Gasteiger partial charge in [0.1, 0.15) is 29.7 Å². The maximum absolute atomic E-state index is 14.0. The first kappa shape index (κ1) is 24.4. The number of methoxy groups -OCH3 is 2. The van der Waals surface area contributed by atoms with Crippen molar-refractivity contribution in [3.05, 3.63) is 88.2 Å². The third-order valence-corrected chi connectivity index (χ3v) is 5.53. The van der Waals surface area contributed by atoms with Crippen molar-refractivity contribution < 1.29 is 23.4 Å². The van der Waals surface area contributed by atoms with Gasteiger partial charge in [0.2, 0.25) is 5.91 Å². The highest BCUT2D eigenvalue weighted by atomic mass is 35.5. The lowest BCUT2D eigenvalue weighted by Crippen LogP contribution is -2.42. The van der Waals surface area contributed by atoms with E-state index in [0.29, 0.717) is 29.2 Å². The highest BCUT2D eigenvalue weighted by Gasteiger charge is 2.19. The number of benzene rings is 3. The minimum Gasteiger partial charge on any atom is -0.496 e. The van der Waals surface area contributed by atoms with Gasteiger partial charge in [-0.3, -0.25) is 4.79 Å². The Morgan fingerprint density at radius 3 is 2.27 bits per heavy atom. The van der Waals surface area contributed by atoms with Crippen LogP contribution in [0.15, 0.2) is 60.7 Å². The van der Waals surface area contributed by atoms with Crippen LogP contribution in [-0.4, -0.2) is 26.2 Å². The Kier molecular flexibility index (Phi) is 8.52. The Morgan fingerprint density at radius 2 is 1.70 bits per heavy atom. The number of nitrogens with two attached hydrogens (primary N) is 1. The molecule has 174 valence electrons. The SMILES string of the molecule is COc1cc(OCc2c(F)cccc2Cl)cc(OC)c1CN[C@@H](Cc1ccccc1)C(N)=O. The van der Waals surface area contributed by atoms with Gasteiger partial charge in [-0.25, -0.2) is 4.39 Å². The minimum absolute atomic E-state index is 0.0593. The molecule has 3 aromatic rings. The zero-order chi connectivity index (χ0) is 23.8. The summed E-state index contributed by atoms with van der Waals surface area (Å²) in [6, 6.07) is 16.8. The molecule has 8 heteroatoms. The second-order valence-corrected chi connectivity index (χ2v) is 7.73. The molecular formula is C25H26ClFN2O4.